The van der Waals surface area contributed by atoms with E-state index in [4.69, 9.17) is 4.84 Å². The number of benzene rings is 2. The van der Waals surface area contributed by atoms with Crippen LogP contribution < -0.4 is 5.32 Å². The number of aromatic nitrogens is 3. The second kappa shape index (κ2) is 9.29. The van der Waals surface area contributed by atoms with Gasteiger partial charge in [0, 0.05) is 23.7 Å². The van der Waals surface area contributed by atoms with Crippen molar-refractivity contribution in [2.75, 3.05) is 6.61 Å². The normalized spacial score (nSPS) is 22.2. The number of aryl methyl sites for hydroxylation is 1. The number of fused-ring (bicyclic) bond motifs is 1. The minimum absolute atomic E-state index is 0.0889. The molecular weight excluding hydrogens is 414 g/mol. The molecule has 2 aromatic carbocycles. The van der Waals surface area contributed by atoms with Crippen molar-refractivity contribution in [3.05, 3.63) is 83.3 Å². The molecule has 33 heavy (non-hydrogen) atoms. The fraction of sp³-hybridized carbons (Fsp3) is 0.346. The number of hydroxylamine groups is 2. The lowest BCUT2D eigenvalue weighted by Gasteiger charge is -2.36. The first-order valence-corrected chi connectivity index (χ1v) is 11.5. The van der Waals surface area contributed by atoms with Gasteiger partial charge in [0.15, 0.2) is 5.78 Å². The molecule has 3 aromatic rings. The van der Waals surface area contributed by atoms with Crippen LogP contribution in [0.15, 0.2) is 61.1 Å². The first-order chi connectivity index (χ1) is 16.1. The molecule has 0 amide bonds. The minimum Gasteiger partial charge on any atom is -0.304 e. The van der Waals surface area contributed by atoms with Crippen LogP contribution in [0, 0.1) is 12.8 Å². The molecule has 1 saturated heterocycles. The number of nitrogens with one attached hydrogen (secondary N) is 1. The highest BCUT2D eigenvalue weighted by Gasteiger charge is 2.34. The van der Waals surface area contributed by atoms with Crippen molar-refractivity contribution in [1.82, 2.24) is 25.4 Å². The molecule has 3 unspecified atom stereocenters. The van der Waals surface area contributed by atoms with E-state index in [0.29, 0.717) is 18.7 Å². The standard InChI is InChI=1S/C26H29N5O2/c1-18-13-23(15-24(14-18)31-27-10-11-28-31)26(32)25-22(8-7-19(2)29-25)17-33-30-12-9-20-5-3-4-6-21(20)16-30/h3-6,9-15,19,22,25,29H,7-8,16-17H2,1-2H3. The number of carbonyl (C=O) groups excluding carboxylic acids is 1. The van der Waals surface area contributed by atoms with Crippen molar-refractivity contribution in [2.45, 2.75) is 45.3 Å². The summed E-state index contributed by atoms with van der Waals surface area (Å²) in [6, 6.07) is 14.1. The van der Waals surface area contributed by atoms with E-state index >= 15 is 0 Å². The van der Waals surface area contributed by atoms with E-state index in [2.05, 4.69) is 40.6 Å². The summed E-state index contributed by atoms with van der Waals surface area (Å²) in [5.74, 6) is 0.179. The van der Waals surface area contributed by atoms with E-state index in [1.54, 1.807) is 17.2 Å². The number of hydrogen-bond donors (Lipinski definition) is 1. The largest absolute Gasteiger partial charge is 0.304 e. The van der Waals surface area contributed by atoms with E-state index in [-0.39, 0.29) is 23.8 Å². The van der Waals surface area contributed by atoms with E-state index in [1.807, 2.05) is 48.5 Å². The Balaban J connectivity index is 1.31. The summed E-state index contributed by atoms with van der Waals surface area (Å²) < 4.78 is 0. The molecular formula is C26H29N5O2. The summed E-state index contributed by atoms with van der Waals surface area (Å²) in [6.07, 6.45) is 9.27. The zero-order valence-corrected chi connectivity index (χ0v) is 19.0. The molecule has 1 fully saturated rings. The number of hydrogen-bond acceptors (Lipinski definition) is 6. The maximum atomic E-state index is 13.6. The highest BCUT2D eigenvalue weighted by Crippen LogP contribution is 2.26. The second-order valence-corrected chi connectivity index (χ2v) is 9.01. The van der Waals surface area contributed by atoms with Gasteiger partial charge in [-0.15, -0.1) is 0 Å². The van der Waals surface area contributed by atoms with Crippen LogP contribution in [0.2, 0.25) is 0 Å². The molecule has 0 radical (unpaired) electrons. The van der Waals surface area contributed by atoms with Gasteiger partial charge in [-0.3, -0.25) is 14.7 Å². The molecule has 0 spiro atoms. The summed E-state index contributed by atoms with van der Waals surface area (Å²) in [4.78, 5) is 21.4. The Morgan fingerprint density at radius 1 is 1.15 bits per heavy atom. The Labute approximate surface area is 194 Å². The molecule has 170 valence electrons. The average molecular weight is 444 g/mol. The van der Waals surface area contributed by atoms with Crippen LogP contribution in [-0.4, -0.2) is 44.5 Å². The second-order valence-electron chi connectivity index (χ2n) is 9.01. The van der Waals surface area contributed by atoms with E-state index in [0.717, 1.165) is 24.1 Å². The van der Waals surface area contributed by atoms with Crippen LogP contribution in [0.25, 0.3) is 11.8 Å². The smallest absolute Gasteiger partial charge is 0.180 e. The van der Waals surface area contributed by atoms with E-state index < -0.39 is 0 Å². The molecule has 5 rings (SSSR count). The van der Waals surface area contributed by atoms with Gasteiger partial charge in [-0.2, -0.15) is 15.0 Å². The molecule has 0 bridgehead atoms. The Morgan fingerprint density at radius 3 is 2.82 bits per heavy atom. The third kappa shape index (κ3) is 4.74. The van der Waals surface area contributed by atoms with Crippen molar-refractivity contribution in [2.24, 2.45) is 5.92 Å². The van der Waals surface area contributed by atoms with Gasteiger partial charge in [0.2, 0.25) is 0 Å². The fourth-order valence-electron chi connectivity index (χ4n) is 4.68. The molecule has 0 saturated carbocycles. The molecule has 7 heteroatoms. The van der Waals surface area contributed by atoms with Crippen molar-refractivity contribution in [1.29, 1.82) is 0 Å². The Hall–Kier alpha value is -3.29. The van der Waals surface area contributed by atoms with E-state index in [1.165, 1.54) is 11.1 Å². The highest BCUT2D eigenvalue weighted by atomic mass is 16.7. The van der Waals surface area contributed by atoms with Crippen molar-refractivity contribution >= 4 is 11.9 Å². The van der Waals surface area contributed by atoms with Gasteiger partial charge in [0.1, 0.15) is 0 Å². The van der Waals surface area contributed by atoms with Crippen LogP contribution in [0.3, 0.4) is 0 Å². The number of ketones is 1. The highest BCUT2D eigenvalue weighted by molar-refractivity contribution is 6.01. The lowest BCUT2D eigenvalue weighted by Crippen LogP contribution is -2.52. The summed E-state index contributed by atoms with van der Waals surface area (Å²) in [7, 11) is 0. The molecule has 2 aliphatic heterocycles. The third-order valence-corrected chi connectivity index (χ3v) is 6.44. The van der Waals surface area contributed by atoms with Crippen LogP contribution in [0.1, 0.15) is 46.8 Å². The number of rotatable bonds is 6. The molecule has 3 heterocycles. The predicted molar refractivity (Wildman–Crippen MR) is 127 cm³/mol. The predicted octanol–water partition coefficient (Wildman–Crippen LogP) is 3.93. The molecule has 3 atom stereocenters. The Bertz CT molecular complexity index is 1160. The molecule has 2 aliphatic rings. The number of carbonyl (C=O) groups is 1. The van der Waals surface area contributed by atoms with Crippen molar-refractivity contribution < 1.29 is 9.63 Å². The van der Waals surface area contributed by atoms with Gasteiger partial charge >= 0.3 is 0 Å². The first-order valence-electron chi connectivity index (χ1n) is 11.5. The van der Waals surface area contributed by atoms with Gasteiger partial charge in [0.05, 0.1) is 37.3 Å². The Morgan fingerprint density at radius 2 is 1.97 bits per heavy atom. The summed E-state index contributed by atoms with van der Waals surface area (Å²) in [5.41, 5.74) is 4.92. The summed E-state index contributed by atoms with van der Waals surface area (Å²) in [5, 5.41) is 13.8. The fourth-order valence-corrected chi connectivity index (χ4v) is 4.68. The molecule has 0 aliphatic carbocycles. The maximum Gasteiger partial charge on any atom is 0.180 e. The minimum atomic E-state index is -0.296. The van der Waals surface area contributed by atoms with Crippen LogP contribution in [-0.2, 0) is 11.4 Å². The average Bonchev–Trinajstić information content (AvgIpc) is 3.37. The van der Waals surface area contributed by atoms with Crippen LogP contribution in [0.4, 0.5) is 0 Å². The van der Waals surface area contributed by atoms with Gasteiger partial charge < -0.3 is 5.32 Å². The van der Waals surface area contributed by atoms with Gasteiger partial charge in [-0.25, -0.2) is 0 Å². The number of Topliss-reactive ketones (excluding diaryl/α,β-unsaturated/α-hetero) is 1. The van der Waals surface area contributed by atoms with Gasteiger partial charge in [-0.05, 0) is 67.7 Å². The third-order valence-electron chi connectivity index (χ3n) is 6.44. The Kier molecular flexibility index (Phi) is 6.07. The van der Waals surface area contributed by atoms with Crippen LogP contribution in [0.5, 0.6) is 0 Å². The van der Waals surface area contributed by atoms with Gasteiger partial charge in [-0.1, -0.05) is 24.3 Å². The quantitative estimate of drug-likeness (QED) is 0.582. The molecule has 7 nitrogen and oxygen atoms in total. The number of nitrogens with zero attached hydrogens (tertiary/aromatic N) is 4. The topological polar surface area (TPSA) is 72.3 Å². The number of piperidine rings is 1. The zero-order chi connectivity index (χ0) is 22.8. The summed E-state index contributed by atoms with van der Waals surface area (Å²) >= 11 is 0. The maximum absolute atomic E-state index is 13.6. The van der Waals surface area contributed by atoms with E-state index in [9.17, 15) is 4.79 Å². The molecule has 1 aromatic heterocycles. The molecule has 1 N–H and O–H groups in total. The first kappa shape index (κ1) is 21.6. The lowest BCUT2D eigenvalue weighted by atomic mass is 9.84. The lowest BCUT2D eigenvalue weighted by molar-refractivity contribution is -0.144. The monoisotopic (exact) mass is 443 g/mol. The SMILES string of the molecule is Cc1cc(C(=O)C2NC(C)CCC2CON2C=Cc3ccccc3C2)cc(-n2nccn2)c1. The summed E-state index contributed by atoms with van der Waals surface area (Å²) in [6.45, 7) is 5.32. The van der Waals surface area contributed by atoms with Crippen molar-refractivity contribution in [3.8, 4) is 5.69 Å². The van der Waals surface area contributed by atoms with Crippen LogP contribution >= 0.6 is 0 Å². The zero-order valence-electron chi connectivity index (χ0n) is 19.0. The van der Waals surface area contributed by atoms with Crippen molar-refractivity contribution in [3.63, 3.8) is 0 Å². The van der Waals surface area contributed by atoms with Gasteiger partial charge in [0.25, 0.3) is 0 Å².